The van der Waals surface area contributed by atoms with E-state index in [0.29, 0.717) is 5.95 Å². The van der Waals surface area contributed by atoms with Crippen LogP contribution in [0.15, 0.2) is 0 Å². The van der Waals surface area contributed by atoms with Crippen LogP contribution < -0.4 is 5.32 Å². The summed E-state index contributed by atoms with van der Waals surface area (Å²) in [5, 5.41) is 22.7. The van der Waals surface area contributed by atoms with E-state index in [2.05, 4.69) is 20.8 Å². The van der Waals surface area contributed by atoms with Gasteiger partial charge in [0.1, 0.15) is 0 Å². The minimum atomic E-state index is 0.0229. The maximum atomic E-state index is 8.88. The highest BCUT2D eigenvalue weighted by molar-refractivity contribution is 5.22. The van der Waals surface area contributed by atoms with Crippen LogP contribution in [0.4, 0.5) is 5.95 Å². The Balaban J connectivity index is 2.56. The largest absolute Gasteiger partial charge is 0.394 e. The summed E-state index contributed by atoms with van der Waals surface area (Å²) in [6, 6.07) is 0.0229. The van der Waals surface area contributed by atoms with Crippen molar-refractivity contribution in [2.75, 3.05) is 11.9 Å². The van der Waals surface area contributed by atoms with Crippen molar-refractivity contribution in [3.05, 3.63) is 0 Å². The number of nitrogens with one attached hydrogen (secondary N) is 1. The van der Waals surface area contributed by atoms with Crippen molar-refractivity contribution in [1.82, 2.24) is 20.2 Å². The molecule has 1 atom stereocenters. The van der Waals surface area contributed by atoms with Crippen molar-refractivity contribution in [2.24, 2.45) is 7.05 Å². The van der Waals surface area contributed by atoms with E-state index in [0.717, 1.165) is 6.42 Å². The topological polar surface area (TPSA) is 75.9 Å². The van der Waals surface area contributed by atoms with Crippen molar-refractivity contribution >= 4 is 5.95 Å². The van der Waals surface area contributed by atoms with E-state index in [1.807, 2.05) is 6.92 Å². The lowest BCUT2D eigenvalue weighted by molar-refractivity contribution is 0.271. The maximum absolute atomic E-state index is 8.88. The molecule has 1 heterocycles. The molecule has 0 aliphatic heterocycles. The number of aromatic nitrogens is 4. The quantitative estimate of drug-likeness (QED) is 0.632. The molecule has 0 spiro atoms. The Labute approximate surface area is 70.6 Å². The van der Waals surface area contributed by atoms with Crippen LogP contribution in [0.1, 0.15) is 13.3 Å². The molecule has 0 radical (unpaired) electrons. The smallest absolute Gasteiger partial charge is 0.242 e. The summed E-state index contributed by atoms with van der Waals surface area (Å²) in [7, 11) is 1.74. The molecule has 0 fully saturated rings. The standard InChI is InChI=1S/C6H13N5O/c1-3-5(4-12)7-6-8-9-10-11(6)2/h5,12H,3-4H2,1-2H3,(H,7,8,10)/t5-/m1/s1. The molecule has 0 saturated heterocycles. The van der Waals surface area contributed by atoms with Crippen LogP contribution in [0.5, 0.6) is 0 Å². The van der Waals surface area contributed by atoms with E-state index in [1.165, 1.54) is 4.68 Å². The van der Waals surface area contributed by atoms with Crippen LogP contribution in [0.2, 0.25) is 0 Å². The van der Waals surface area contributed by atoms with Gasteiger partial charge < -0.3 is 10.4 Å². The second-order valence-electron chi connectivity index (χ2n) is 2.56. The highest BCUT2D eigenvalue weighted by atomic mass is 16.3. The molecule has 6 heteroatoms. The molecule has 1 aromatic heterocycles. The van der Waals surface area contributed by atoms with Gasteiger partial charge in [-0.15, -0.1) is 0 Å². The molecule has 0 aliphatic carbocycles. The average Bonchev–Trinajstić information content (AvgIpc) is 2.47. The Morgan fingerprint density at radius 3 is 2.83 bits per heavy atom. The highest BCUT2D eigenvalue weighted by Crippen LogP contribution is 2.01. The molecule has 0 saturated carbocycles. The number of aliphatic hydroxyl groups excluding tert-OH is 1. The summed E-state index contributed by atoms with van der Waals surface area (Å²) in [4.78, 5) is 0. The third-order valence-electron chi connectivity index (χ3n) is 1.67. The third-order valence-corrected chi connectivity index (χ3v) is 1.67. The summed E-state index contributed by atoms with van der Waals surface area (Å²) in [6.07, 6.45) is 0.837. The monoisotopic (exact) mass is 171 g/mol. The summed E-state index contributed by atoms with van der Waals surface area (Å²) in [5.74, 6) is 0.580. The molecule has 0 bridgehead atoms. The predicted molar refractivity (Wildman–Crippen MR) is 43.6 cm³/mol. The summed E-state index contributed by atoms with van der Waals surface area (Å²) < 4.78 is 1.53. The van der Waals surface area contributed by atoms with Crippen LogP contribution >= 0.6 is 0 Å². The number of tetrazole rings is 1. The predicted octanol–water partition coefficient (Wildman–Crippen LogP) is -0.607. The number of hydrogen-bond acceptors (Lipinski definition) is 5. The van der Waals surface area contributed by atoms with Crippen molar-refractivity contribution in [1.29, 1.82) is 0 Å². The van der Waals surface area contributed by atoms with Gasteiger partial charge in [-0.1, -0.05) is 12.0 Å². The van der Waals surface area contributed by atoms with E-state index in [1.54, 1.807) is 7.05 Å². The van der Waals surface area contributed by atoms with Gasteiger partial charge in [-0.05, 0) is 16.8 Å². The van der Waals surface area contributed by atoms with Gasteiger partial charge in [-0.25, -0.2) is 4.68 Å². The SMILES string of the molecule is CC[C@H](CO)Nc1nnnn1C. The highest BCUT2D eigenvalue weighted by Gasteiger charge is 2.07. The van der Waals surface area contributed by atoms with Gasteiger partial charge in [0, 0.05) is 7.05 Å². The second kappa shape index (κ2) is 4.01. The van der Waals surface area contributed by atoms with E-state index in [4.69, 9.17) is 5.11 Å². The fourth-order valence-electron chi connectivity index (χ4n) is 0.811. The lowest BCUT2D eigenvalue weighted by atomic mass is 10.2. The summed E-state index contributed by atoms with van der Waals surface area (Å²) >= 11 is 0. The van der Waals surface area contributed by atoms with Crippen LogP contribution in [-0.2, 0) is 7.05 Å². The zero-order chi connectivity index (χ0) is 8.97. The average molecular weight is 171 g/mol. The maximum Gasteiger partial charge on any atom is 0.242 e. The third kappa shape index (κ3) is 1.91. The first-order chi connectivity index (χ1) is 5.77. The van der Waals surface area contributed by atoms with Crippen LogP contribution in [0.25, 0.3) is 0 Å². The van der Waals surface area contributed by atoms with Gasteiger partial charge in [0.15, 0.2) is 0 Å². The molecule has 1 aromatic rings. The molecule has 12 heavy (non-hydrogen) atoms. The number of anilines is 1. The van der Waals surface area contributed by atoms with Gasteiger partial charge in [-0.2, -0.15) is 0 Å². The van der Waals surface area contributed by atoms with Crippen LogP contribution in [0.3, 0.4) is 0 Å². The van der Waals surface area contributed by atoms with Crippen molar-refractivity contribution in [3.8, 4) is 0 Å². The van der Waals surface area contributed by atoms with Gasteiger partial charge >= 0.3 is 0 Å². The van der Waals surface area contributed by atoms with Gasteiger partial charge in [-0.3, -0.25) is 0 Å². The lowest BCUT2D eigenvalue weighted by Crippen LogP contribution is -2.24. The van der Waals surface area contributed by atoms with Crippen molar-refractivity contribution < 1.29 is 5.11 Å². The first-order valence-corrected chi connectivity index (χ1v) is 3.87. The Morgan fingerprint density at radius 2 is 2.42 bits per heavy atom. The fourth-order valence-corrected chi connectivity index (χ4v) is 0.811. The first kappa shape index (κ1) is 8.92. The molecule has 1 rings (SSSR count). The van der Waals surface area contributed by atoms with E-state index in [9.17, 15) is 0 Å². The number of aryl methyl sites for hydroxylation is 1. The first-order valence-electron chi connectivity index (χ1n) is 3.87. The van der Waals surface area contributed by atoms with Gasteiger partial charge in [0.2, 0.25) is 5.95 Å². The Hall–Kier alpha value is -1.17. The minimum absolute atomic E-state index is 0.0229. The molecule has 0 amide bonds. The zero-order valence-electron chi connectivity index (χ0n) is 7.23. The van der Waals surface area contributed by atoms with Gasteiger partial charge in [0.25, 0.3) is 0 Å². The van der Waals surface area contributed by atoms with Crippen LogP contribution in [-0.4, -0.2) is 38.0 Å². The number of rotatable bonds is 4. The molecule has 0 aliphatic rings. The molecule has 68 valence electrons. The molecule has 6 nitrogen and oxygen atoms in total. The molecule has 2 N–H and O–H groups in total. The summed E-state index contributed by atoms with van der Waals surface area (Å²) in [6.45, 7) is 2.07. The van der Waals surface area contributed by atoms with Gasteiger partial charge in [0.05, 0.1) is 12.6 Å². The number of hydrogen-bond donors (Lipinski definition) is 2. The minimum Gasteiger partial charge on any atom is -0.394 e. The Kier molecular flexibility index (Phi) is 2.98. The second-order valence-corrected chi connectivity index (χ2v) is 2.56. The molecular weight excluding hydrogens is 158 g/mol. The van der Waals surface area contributed by atoms with Crippen LogP contribution in [0, 0.1) is 0 Å². The number of nitrogens with zero attached hydrogens (tertiary/aromatic N) is 4. The fraction of sp³-hybridized carbons (Fsp3) is 0.833. The lowest BCUT2D eigenvalue weighted by Gasteiger charge is -2.12. The van der Waals surface area contributed by atoms with E-state index in [-0.39, 0.29) is 12.6 Å². The Bertz CT molecular complexity index is 232. The van der Waals surface area contributed by atoms with Crippen molar-refractivity contribution in [2.45, 2.75) is 19.4 Å². The zero-order valence-corrected chi connectivity index (χ0v) is 7.23. The van der Waals surface area contributed by atoms with Crippen molar-refractivity contribution in [3.63, 3.8) is 0 Å². The summed E-state index contributed by atoms with van der Waals surface area (Å²) in [5.41, 5.74) is 0. The normalized spacial score (nSPS) is 12.9. The molecule has 0 aromatic carbocycles. The van der Waals surface area contributed by atoms with E-state index >= 15 is 0 Å². The Morgan fingerprint density at radius 1 is 1.67 bits per heavy atom. The number of aliphatic hydroxyl groups is 1. The van der Waals surface area contributed by atoms with E-state index < -0.39 is 0 Å². The molecule has 0 unspecified atom stereocenters. The molecular formula is C6H13N5O.